The molecule has 0 aliphatic carbocycles. The second kappa shape index (κ2) is 4.94. The highest BCUT2D eigenvalue weighted by molar-refractivity contribution is 5.74. The zero-order valence-corrected chi connectivity index (χ0v) is 10.1. The molecule has 0 aromatic carbocycles. The molecule has 1 fully saturated rings. The highest BCUT2D eigenvalue weighted by Gasteiger charge is 2.35. The standard InChI is InChI=1S/C11H22N2O2/c1-5-15-10(14)8-6-12-7-9(8)13-11(2,3)4/h8-9,12-13H,5-7H2,1-4H3. The van der Waals surface area contributed by atoms with Gasteiger partial charge in [-0.05, 0) is 27.7 Å². The number of carbonyl (C=O) groups is 1. The van der Waals surface area contributed by atoms with E-state index in [4.69, 9.17) is 4.74 Å². The zero-order valence-electron chi connectivity index (χ0n) is 10.1. The van der Waals surface area contributed by atoms with Gasteiger partial charge >= 0.3 is 5.97 Å². The third-order valence-electron chi connectivity index (χ3n) is 2.42. The molecule has 0 radical (unpaired) electrons. The lowest BCUT2D eigenvalue weighted by molar-refractivity contribution is -0.148. The molecule has 1 aliphatic rings. The monoisotopic (exact) mass is 214 g/mol. The Balaban J connectivity index is 2.53. The molecular formula is C11H22N2O2. The topological polar surface area (TPSA) is 50.4 Å². The molecule has 2 atom stereocenters. The minimum Gasteiger partial charge on any atom is -0.466 e. The van der Waals surface area contributed by atoms with Gasteiger partial charge in [-0.1, -0.05) is 0 Å². The van der Waals surface area contributed by atoms with Crippen LogP contribution in [0.15, 0.2) is 0 Å². The highest BCUT2D eigenvalue weighted by Crippen LogP contribution is 2.14. The summed E-state index contributed by atoms with van der Waals surface area (Å²) in [7, 11) is 0. The maximum Gasteiger partial charge on any atom is 0.311 e. The predicted molar refractivity (Wildman–Crippen MR) is 59.7 cm³/mol. The van der Waals surface area contributed by atoms with Crippen molar-refractivity contribution >= 4 is 5.97 Å². The molecule has 1 heterocycles. The summed E-state index contributed by atoms with van der Waals surface area (Å²) in [5.41, 5.74) is 0.0292. The van der Waals surface area contributed by atoms with Crippen molar-refractivity contribution < 1.29 is 9.53 Å². The van der Waals surface area contributed by atoms with Crippen LogP contribution in [0.4, 0.5) is 0 Å². The normalized spacial score (nSPS) is 26.7. The lowest BCUT2D eigenvalue weighted by Gasteiger charge is -2.28. The smallest absolute Gasteiger partial charge is 0.311 e. The Morgan fingerprint density at radius 2 is 2.13 bits per heavy atom. The van der Waals surface area contributed by atoms with Crippen LogP contribution in [0.25, 0.3) is 0 Å². The van der Waals surface area contributed by atoms with Crippen molar-refractivity contribution in [1.82, 2.24) is 10.6 Å². The van der Waals surface area contributed by atoms with E-state index in [1.54, 1.807) is 0 Å². The van der Waals surface area contributed by atoms with Gasteiger partial charge in [-0.3, -0.25) is 4.79 Å². The van der Waals surface area contributed by atoms with E-state index in [-0.39, 0.29) is 23.5 Å². The summed E-state index contributed by atoms with van der Waals surface area (Å²) in [4.78, 5) is 11.6. The van der Waals surface area contributed by atoms with E-state index < -0.39 is 0 Å². The number of esters is 1. The maximum absolute atomic E-state index is 11.6. The first-order valence-electron chi connectivity index (χ1n) is 5.59. The van der Waals surface area contributed by atoms with Crippen LogP contribution in [-0.2, 0) is 9.53 Å². The van der Waals surface area contributed by atoms with Crippen molar-refractivity contribution in [2.75, 3.05) is 19.7 Å². The summed E-state index contributed by atoms with van der Waals surface area (Å²) in [5.74, 6) is -0.145. The van der Waals surface area contributed by atoms with E-state index in [1.165, 1.54) is 0 Å². The summed E-state index contributed by atoms with van der Waals surface area (Å²) in [5, 5.41) is 6.67. The molecule has 0 aromatic rings. The fraction of sp³-hybridized carbons (Fsp3) is 0.909. The molecule has 15 heavy (non-hydrogen) atoms. The van der Waals surface area contributed by atoms with Gasteiger partial charge in [-0.2, -0.15) is 0 Å². The van der Waals surface area contributed by atoms with E-state index in [2.05, 4.69) is 31.4 Å². The minimum atomic E-state index is -0.0933. The number of hydrogen-bond donors (Lipinski definition) is 2. The number of nitrogens with one attached hydrogen (secondary N) is 2. The predicted octanol–water partition coefficient (Wildman–Crippen LogP) is 0.526. The van der Waals surface area contributed by atoms with Gasteiger partial charge in [0.2, 0.25) is 0 Å². The van der Waals surface area contributed by atoms with Gasteiger partial charge in [0.25, 0.3) is 0 Å². The Morgan fingerprint density at radius 3 is 2.67 bits per heavy atom. The number of rotatable bonds is 3. The summed E-state index contributed by atoms with van der Waals surface area (Å²) < 4.78 is 5.05. The molecule has 0 amide bonds. The Bertz CT molecular complexity index is 223. The van der Waals surface area contributed by atoms with Crippen molar-refractivity contribution in [3.63, 3.8) is 0 Å². The van der Waals surface area contributed by atoms with Gasteiger partial charge in [0.15, 0.2) is 0 Å². The summed E-state index contributed by atoms with van der Waals surface area (Å²) in [6, 6.07) is 0.184. The maximum atomic E-state index is 11.6. The van der Waals surface area contributed by atoms with Gasteiger partial charge in [0.05, 0.1) is 12.5 Å². The van der Waals surface area contributed by atoms with Crippen LogP contribution in [0, 0.1) is 5.92 Å². The molecule has 88 valence electrons. The summed E-state index contributed by atoms with van der Waals surface area (Å²) >= 11 is 0. The molecule has 4 heteroatoms. The molecule has 0 bridgehead atoms. The second-order valence-electron chi connectivity index (χ2n) is 5.02. The molecule has 1 saturated heterocycles. The Labute approximate surface area is 91.8 Å². The Kier molecular flexibility index (Phi) is 4.11. The van der Waals surface area contributed by atoms with Crippen LogP contribution in [0.1, 0.15) is 27.7 Å². The molecule has 1 rings (SSSR count). The van der Waals surface area contributed by atoms with Crippen molar-refractivity contribution in [3.8, 4) is 0 Å². The second-order valence-corrected chi connectivity index (χ2v) is 5.02. The van der Waals surface area contributed by atoms with Crippen LogP contribution in [0.3, 0.4) is 0 Å². The Morgan fingerprint density at radius 1 is 1.47 bits per heavy atom. The zero-order chi connectivity index (χ0) is 11.5. The largest absolute Gasteiger partial charge is 0.466 e. The van der Waals surface area contributed by atoms with E-state index in [0.29, 0.717) is 13.2 Å². The molecule has 0 aromatic heterocycles. The number of hydrogen-bond acceptors (Lipinski definition) is 4. The van der Waals surface area contributed by atoms with Crippen LogP contribution in [-0.4, -0.2) is 37.2 Å². The molecule has 4 nitrogen and oxygen atoms in total. The minimum absolute atomic E-state index is 0.0292. The van der Waals surface area contributed by atoms with Crippen LogP contribution < -0.4 is 10.6 Å². The SMILES string of the molecule is CCOC(=O)C1CNCC1NC(C)(C)C. The first-order valence-corrected chi connectivity index (χ1v) is 5.59. The van der Waals surface area contributed by atoms with Gasteiger partial charge in [-0.25, -0.2) is 0 Å². The number of ether oxygens (including phenoxy) is 1. The third kappa shape index (κ3) is 3.80. The summed E-state index contributed by atoms with van der Waals surface area (Å²) in [6.07, 6.45) is 0. The van der Waals surface area contributed by atoms with Gasteiger partial charge in [0.1, 0.15) is 0 Å². The van der Waals surface area contributed by atoms with E-state index in [9.17, 15) is 4.79 Å². The molecular weight excluding hydrogens is 192 g/mol. The summed E-state index contributed by atoms with van der Waals surface area (Å²) in [6.45, 7) is 10.2. The van der Waals surface area contributed by atoms with Crippen molar-refractivity contribution in [1.29, 1.82) is 0 Å². The fourth-order valence-corrected chi connectivity index (χ4v) is 1.88. The molecule has 1 aliphatic heterocycles. The van der Waals surface area contributed by atoms with Gasteiger partial charge < -0.3 is 15.4 Å². The average molecular weight is 214 g/mol. The van der Waals surface area contributed by atoms with Crippen LogP contribution >= 0.6 is 0 Å². The Hall–Kier alpha value is -0.610. The number of carbonyl (C=O) groups excluding carboxylic acids is 1. The van der Waals surface area contributed by atoms with E-state index >= 15 is 0 Å². The van der Waals surface area contributed by atoms with Crippen LogP contribution in [0.5, 0.6) is 0 Å². The van der Waals surface area contributed by atoms with Crippen LogP contribution in [0.2, 0.25) is 0 Å². The van der Waals surface area contributed by atoms with Crippen molar-refractivity contribution in [3.05, 3.63) is 0 Å². The quantitative estimate of drug-likeness (QED) is 0.673. The average Bonchev–Trinajstić information content (AvgIpc) is 2.49. The lowest BCUT2D eigenvalue weighted by atomic mass is 9.99. The van der Waals surface area contributed by atoms with Gasteiger partial charge in [0, 0.05) is 24.7 Å². The first kappa shape index (κ1) is 12.5. The molecule has 0 spiro atoms. The van der Waals surface area contributed by atoms with E-state index in [0.717, 1.165) is 6.54 Å². The van der Waals surface area contributed by atoms with Gasteiger partial charge in [-0.15, -0.1) is 0 Å². The fourth-order valence-electron chi connectivity index (χ4n) is 1.88. The molecule has 2 unspecified atom stereocenters. The molecule has 0 saturated carbocycles. The van der Waals surface area contributed by atoms with Crippen molar-refractivity contribution in [2.24, 2.45) is 5.92 Å². The highest BCUT2D eigenvalue weighted by atomic mass is 16.5. The van der Waals surface area contributed by atoms with E-state index in [1.807, 2.05) is 6.92 Å². The molecule has 2 N–H and O–H groups in total. The first-order chi connectivity index (χ1) is 6.94. The third-order valence-corrected chi connectivity index (χ3v) is 2.42. The van der Waals surface area contributed by atoms with Crippen molar-refractivity contribution in [2.45, 2.75) is 39.3 Å². The lowest BCUT2D eigenvalue weighted by Crippen LogP contribution is -2.49.